The molecule has 2 fully saturated rings. The second-order valence-electron chi connectivity index (χ2n) is 7.50. The number of rotatable bonds is 2. The summed E-state index contributed by atoms with van der Waals surface area (Å²) in [6, 6.07) is 5.50. The Kier molecular flexibility index (Phi) is 5.79. The van der Waals surface area contributed by atoms with Gasteiger partial charge in [0.25, 0.3) is 0 Å². The van der Waals surface area contributed by atoms with E-state index >= 15 is 0 Å². The Labute approximate surface area is 164 Å². The Morgan fingerprint density at radius 1 is 1.04 bits per heavy atom. The zero-order chi connectivity index (χ0) is 20.4. The van der Waals surface area contributed by atoms with Gasteiger partial charge < -0.3 is 9.69 Å². The van der Waals surface area contributed by atoms with E-state index in [-0.39, 0.29) is 19.4 Å². The number of aryl methyl sites for hydroxylation is 1. The zero-order valence-corrected chi connectivity index (χ0v) is 16.3. The first kappa shape index (κ1) is 20.0. The quantitative estimate of drug-likeness (QED) is 0.780. The second-order valence-corrected chi connectivity index (χ2v) is 7.50. The molecule has 3 heterocycles. The molecule has 2 amide bonds. The highest BCUT2D eigenvalue weighted by molar-refractivity contribution is 6.00. The summed E-state index contributed by atoms with van der Waals surface area (Å²) < 4.78 is 3.15. The molecule has 1 aromatic heterocycles. The molecular formula is C20H28N4O4. The number of carbonyl (C=O) groups is 3. The van der Waals surface area contributed by atoms with Crippen molar-refractivity contribution in [1.29, 1.82) is 0 Å². The number of hydrogen-bond donors (Lipinski definition) is 1. The van der Waals surface area contributed by atoms with Gasteiger partial charge in [-0.1, -0.05) is 6.07 Å². The minimum Gasteiger partial charge on any atom is -0.307 e. The Bertz CT molecular complexity index is 959. The highest BCUT2D eigenvalue weighted by Crippen LogP contribution is 2.30. The van der Waals surface area contributed by atoms with Crippen LogP contribution < -0.4 is 11.0 Å². The molecule has 1 aromatic carbocycles. The number of aromatic nitrogens is 2. The molecule has 2 saturated heterocycles. The molecule has 1 unspecified atom stereocenters. The molecule has 2 aliphatic rings. The van der Waals surface area contributed by atoms with E-state index in [0.717, 1.165) is 37.0 Å². The van der Waals surface area contributed by atoms with Crippen molar-refractivity contribution in [3.05, 3.63) is 34.2 Å². The van der Waals surface area contributed by atoms with Crippen molar-refractivity contribution in [1.82, 2.24) is 19.4 Å². The summed E-state index contributed by atoms with van der Waals surface area (Å²) >= 11 is 0. The Balaban J connectivity index is 0.000000970. The lowest BCUT2D eigenvalue weighted by Crippen LogP contribution is -2.44. The molecular weight excluding hydrogens is 360 g/mol. The molecule has 0 spiro atoms. The third-order valence-electron chi connectivity index (χ3n) is 5.83. The Morgan fingerprint density at radius 2 is 1.71 bits per heavy atom. The highest BCUT2D eigenvalue weighted by Gasteiger charge is 2.31. The number of benzene rings is 1. The summed E-state index contributed by atoms with van der Waals surface area (Å²) in [7, 11) is 3.88. The van der Waals surface area contributed by atoms with Gasteiger partial charge in [0, 0.05) is 14.9 Å². The fourth-order valence-corrected chi connectivity index (χ4v) is 4.21. The number of imidazole rings is 1. The van der Waals surface area contributed by atoms with Gasteiger partial charge in [-0.15, -0.1) is 0 Å². The molecule has 0 radical (unpaired) electrons. The number of carbonyl (C=O) groups excluding carboxylic acids is 3. The average Bonchev–Trinajstić information content (AvgIpc) is 2.95. The smallest absolute Gasteiger partial charge is 0.307 e. The highest BCUT2D eigenvalue weighted by atomic mass is 16.2. The molecule has 0 bridgehead atoms. The third kappa shape index (κ3) is 3.52. The van der Waals surface area contributed by atoms with Crippen LogP contribution in [-0.4, -0.2) is 52.8 Å². The monoisotopic (exact) mass is 388 g/mol. The van der Waals surface area contributed by atoms with E-state index in [1.54, 1.807) is 11.6 Å². The number of piperidine rings is 2. The van der Waals surface area contributed by atoms with Crippen molar-refractivity contribution < 1.29 is 15.8 Å². The topological polar surface area (TPSA) is 93.4 Å². The van der Waals surface area contributed by atoms with Crippen LogP contribution in [0.5, 0.6) is 0 Å². The van der Waals surface area contributed by atoms with Crippen LogP contribution in [0.25, 0.3) is 11.0 Å². The lowest BCUT2D eigenvalue weighted by molar-refractivity contribution is -0.135. The number of likely N-dealkylation sites (tertiary alicyclic amines) is 1. The average molecular weight is 388 g/mol. The van der Waals surface area contributed by atoms with E-state index in [9.17, 15) is 14.4 Å². The Hall–Kier alpha value is -2.74. The zero-order valence-electron chi connectivity index (χ0n) is 16.3. The van der Waals surface area contributed by atoms with Crippen LogP contribution in [0.3, 0.4) is 0 Å². The first-order valence-corrected chi connectivity index (χ1v) is 9.47. The van der Waals surface area contributed by atoms with E-state index in [1.165, 1.54) is 10.1 Å². The predicted molar refractivity (Wildman–Crippen MR) is 107 cm³/mol. The standard InChI is InChI=1S/C19H24N4O3.CH2O.H2/c1-21-9-7-12(8-10-21)13-3-4-14-16(11-13)22(2)19(26)23(14)15-5-6-17(24)20-18(15)25;1-2;/h3-4,11-12,15H,5-10H2,1-2H3,(H,20,24,25);1H2;1H. The molecule has 1 atom stereocenters. The molecule has 8 heteroatoms. The van der Waals surface area contributed by atoms with Crippen LogP contribution in [0.15, 0.2) is 23.0 Å². The molecule has 2 aliphatic heterocycles. The van der Waals surface area contributed by atoms with Crippen LogP contribution in [0, 0.1) is 0 Å². The van der Waals surface area contributed by atoms with Gasteiger partial charge in [0.1, 0.15) is 12.8 Å². The van der Waals surface area contributed by atoms with Crippen molar-refractivity contribution in [3.63, 3.8) is 0 Å². The van der Waals surface area contributed by atoms with Crippen molar-refractivity contribution >= 4 is 29.6 Å². The van der Waals surface area contributed by atoms with Crippen molar-refractivity contribution in [2.75, 3.05) is 20.1 Å². The molecule has 2 aromatic rings. The minimum atomic E-state index is -0.627. The van der Waals surface area contributed by atoms with Crippen molar-refractivity contribution in [2.45, 2.75) is 37.6 Å². The van der Waals surface area contributed by atoms with E-state index in [2.05, 4.69) is 29.4 Å². The number of fused-ring (bicyclic) bond motifs is 1. The number of imide groups is 1. The normalized spacial score (nSPS) is 21.3. The number of amides is 2. The van der Waals surface area contributed by atoms with Gasteiger partial charge in [0.15, 0.2) is 0 Å². The number of nitrogens with zero attached hydrogens (tertiary/aromatic N) is 3. The van der Waals surface area contributed by atoms with Crippen molar-refractivity contribution in [3.8, 4) is 0 Å². The number of nitrogens with one attached hydrogen (secondary N) is 1. The maximum Gasteiger partial charge on any atom is 0.329 e. The number of hydrogen-bond acceptors (Lipinski definition) is 5. The van der Waals surface area contributed by atoms with Gasteiger partial charge in [-0.25, -0.2) is 4.79 Å². The summed E-state index contributed by atoms with van der Waals surface area (Å²) in [5.74, 6) is -0.163. The predicted octanol–water partition coefficient (Wildman–Crippen LogP) is 1.19. The molecule has 28 heavy (non-hydrogen) atoms. The van der Waals surface area contributed by atoms with Gasteiger partial charge in [0.2, 0.25) is 11.8 Å². The Morgan fingerprint density at radius 3 is 2.36 bits per heavy atom. The van der Waals surface area contributed by atoms with E-state index < -0.39 is 11.9 Å². The van der Waals surface area contributed by atoms with Gasteiger partial charge in [0.05, 0.1) is 11.0 Å². The molecule has 0 aliphatic carbocycles. The van der Waals surface area contributed by atoms with Crippen LogP contribution in [0.1, 0.15) is 44.6 Å². The summed E-state index contributed by atoms with van der Waals surface area (Å²) in [5, 5.41) is 2.34. The summed E-state index contributed by atoms with van der Waals surface area (Å²) in [5.41, 5.74) is 2.64. The molecule has 4 rings (SSSR count). The summed E-state index contributed by atoms with van der Waals surface area (Å²) in [6.07, 6.45) is 2.85. The summed E-state index contributed by atoms with van der Waals surface area (Å²) in [6.45, 7) is 4.16. The molecule has 8 nitrogen and oxygen atoms in total. The second kappa shape index (κ2) is 8.10. The van der Waals surface area contributed by atoms with Crippen molar-refractivity contribution in [2.24, 2.45) is 7.05 Å². The minimum absolute atomic E-state index is 0. The fraction of sp³-hybridized carbons (Fsp3) is 0.500. The van der Waals surface area contributed by atoms with Gasteiger partial charge >= 0.3 is 5.69 Å². The van der Waals surface area contributed by atoms with E-state index in [0.29, 0.717) is 12.3 Å². The third-order valence-corrected chi connectivity index (χ3v) is 5.83. The molecule has 152 valence electrons. The first-order chi connectivity index (χ1) is 13.5. The largest absolute Gasteiger partial charge is 0.329 e. The lowest BCUT2D eigenvalue weighted by Gasteiger charge is -2.29. The first-order valence-electron chi connectivity index (χ1n) is 9.47. The fourth-order valence-electron chi connectivity index (χ4n) is 4.21. The lowest BCUT2D eigenvalue weighted by atomic mass is 9.89. The van der Waals surface area contributed by atoms with E-state index in [1.807, 2.05) is 12.9 Å². The van der Waals surface area contributed by atoms with Crippen LogP contribution in [0.2, 0.25) is 0 Å². The van der Waals surface area contributed by atoms with Gasteiger partial charge in [-0.3, -0.25) is 24.0 Å². The van der Waals surface area contributed by atoms with Gasteiger partial charge in [-0.2, -0.15) is 0 Å². The van der Waals surface area contributed by atoms with Crippen LogP contribution >= 0.6 is 0 Å². The SMILES string of the molecule is C=O.CN1CCC(c2ccc3c(c2)n(C)c(=O)n3C2CCC(=O)NC2=O)CC1.[HH]. The molecule has 0 saturated carbocycles. The molecule has 1 N–H and O–H groups in total. The van der Waals surface area contributed by atoms with E-state index in [4.69, 9.17) is 4.79 Å². The van der Waals surface area contributed by atoms with Gasteiger partial charge in [-0.05, 0) is 63.0 Å². The maximum absolute atomic E-state index is 12.8. The van der Waals surface area contributed by atoms with Crippen LogP contribution in [-0.2, 0) is 21.4 Å². The maximum atomic E-state index is 12.8. The van der Waals surface area contributed by atoms with Crippen LogP contribution in [0.4, 0.5) is 0 Å². The summed E-state index contributed by atoms with van der Waals surface area (Å²) in [4.78, 5) is 46.8.